The maximum absolute atomic E-state index is 9.32. The second kappa shape index (κ2) is 5.20. The van der Waals surface area contributed by atoms with Gasteiger partial charge < -0.3 is 9.67 Å². The van der Waals surface area contributed by atoms with Gasteiger partial charge in [-0.05, 0) is 32.9 Å². The molecule has 18 heavy (non-hydrogen) atoms. The Morgan fingerprint density at radius 1 is 1.33 bits per heavy atom. The molecule has 2 rings (SSSR count). The highest BCUT2D eigenvalue weighted by Gasteiger charge is 2.17. The molecule has 0 atom stereocenters. The number of hydrogen-bond donors (Lipinski definition) is 1. The molecule has 1 heterocycles. The molecule has 0 radical (unpaired) electrons. The van der Waals surface area contributed by atoms with Crippen molar-refractivity contribution in [3.8, 4) is 11.4 Å². The van der Waals surface area contributed by atoms with Crippen molar-refractivity contribution in [1.82, 2.24) is 14.8 Å². The largest absolute Gasteiger partial charge is 0.388 e. The summed E-state index contributed by atoms with van der Waals surface area (Å²) < 4.78 is 2.94. The summed E-state index contributed by atoms with van der Waals surface area (Å²) in [6.45, 7) is 6.04. The van der Waals surface area contributed by atoms with Gasteiger partial charge >= 0.3 is 0 Å². The Bertz CT molecular complexity index is 563. The molecule has 0 saturated carbocycles. The molecular weight excluding hydrogens is 294 g/mol. The van der Waals surface area contributed by atoms with Gasteiger partial charge in [0.1, 0.15) is 6.61 Å². The van der Waals surface area contributed by atoms with Gasteiger partial charge in [0.2, 0.25) is 0 Å². The summed E-state index contributed by atoms with van der Waals surface area (Å²) in [6, 6.07) is 6.30. The lowest BCUT2D eigenvalue weighted by Gasteiger charge is -2.14. The van der Waals surface area contributed by atoms with Crippen LogP contribution in [0.15, 0.2) is 22.7 Å². The van der Waals surface area contributed by atoms with Crippen LogP contribution in [0.25, 0.3) is 11.4 Å². The number of hydrogen-bond acceptors (Lipinski definition) is 3. The van der Waals surface area contributed by atoms with Crippen LogP contribution in [-0.2, 0) is 6.61 Å². The van der Waals surface area contributed by atoms with E-state index in [1.54, 1.807) is 0 Å². The van der Waals surface area contributed by atoms with Crippen molar-refractivity contribution in [3.63, 3.8) is 0 Å². The zero-order valence-corrected chi connectivity index (χ0v) is 12.3. The van der Waals surface area contributed by atoms with Gasteiger partial charge in [-0.15, -0.1) is 10.2 Å². The van der Waals surface area contributed by atoms with Crippen LogP contribution in [-0.4, -0.2) is 19.9 Å². The van der Waals surface area contributed by atoms with Crippen LogP contribution in [0.3, 0.4) is 0 Å². The second-order valence-electron chi connectivity index (χ2n) is 4.54. The van der Waals surface area contributed by atoms with Gasteiger partial charge in [-0.3, -0.25) is 0 Å². The number of aryl methyl sites for hydroxylation is 1. The van der Waals surface area contributed by atoms with E-state index in [0.717, 1.165) is 21.4 Å². The maximum atomic E-state index is 9.32. The SMILES string of the molecule is Cc1ccc(Br)c(-c2nnc(CO)n2C(C)C)c1. The predicted molar refractivity (Wildman–Crippen MR) is 74.2 cm³/mol. The van der Waals surface area contributed by atoms with Crippen LogP contribution < -0.4 is 0 Å². The average molecular weight is 310 g/mol. The highest BCUT2D eigenvalue weighted by atomic mass is 79.9. The van der Waals surface area contributed by atoms with E-state index in [4.69, 9.17) is 0 Å². The van der Waals surface area contributed by atoms with Crippen LogP contribution >= 0.6 is 15.9 Å². The van der Waals surface area contributed by atoms with Crippen molar-refractivity contribution in [2.24, 2.45) is 0 Å². The molecule has 4 nitrogen and oxygen atoms in total. The molecule has 0 fully saturated rings. The fourth-order valence-electron chi connectivity index (χ4n) is 1.97. The Labute approximate surface area is 115 Å². The molecule has 0 unspecified atom stereocenters. The molecule has 0 amide bonds. The van der Waals surface area contributed by atoms with Gasteiger partial charge in [0.25, 0.3) is 0 Å². The van der Waals surface area contributed by atoms with E-state index in [1.807, 2.05) is 23.6 Å². The van der Waals surface area contributed by atoms with Crippen molar-refractivity contribution < 1.29 is 5.11 Å². The van der Waals surface area contributed by atoms with Crippen molar-refractivity contribution in [3.05, 3.63) is 34.1 Å². The van der Waals surface area contributed by atoms with Gasteiger partial charge in [0.15, 0.2) is 11.6 Å². The first-order chi connectivity index (χ1) is 8.54. The Kier molecular flexibility index (Phi) is 3.82. The van der Waals surface area contributed by atoms with E-state index in [1.165, 1.54) is 0 Å². The van der Waals surface area contributed by atoms with Crippen molar-refractivity contribution in [2.45, 2.75) is 33.4 Å². The van der Waals surface area contributed by atoms with Gasteiger partial charge in [0, 0.05) is 16.1 Å². The molecular formula is C13H16BrN3O. The summed E-state index contributed by atoms with van der Waals surface area (Å²) in [7, 11) is 0. The highest BCUT2D eigenvalue weighted by Crippen LogP contribution is 2.30. The zero-order chi connectivity index (χ0) is 13.3. The smallest absolute Gasteiger partial charge is 0.165 e. The lowest BCUT2D eigenvalue weighted by atomic mass is 10.1. The predicted octanol–water partition coefficient (Wildman–Crippen LogP) is 3.09. The van der Waals surface area contributed by atoms with E-state index in [-0.39, 0.29) is 12.6 Å². The molecule has 0 saturated heterocycles. The van der Waals surface area contributed by atoms with Crippen LogP contribution in [0.5, 0.6) is 0 Å². The number of benzene rings is 1. The van der Waals surface area contributed by atoms with Crippen molar-refractivity contribution >= 4 is 15.9 Å². The van der Waals surface area contributed by atoms with Crippen LogP contribution in [0.2, 0.25) is 0 Å². The molecule has 1 aromatic carbocycles. The summed E-state index contributed by atoms with van der Waals surface area (Å²) in [5, 5.41) is 17.6. The number of aromatic nitrogens is 3. The number of nitrogens with zero attached hydrogens (tertiary/aromatic N) is 3. The highest BCUT2D eigenvalue weighted by molar-refractivity contribution is 9.10. The Hall–Kier alpha value is -1.20. The first-order valence-corrected chi connectivity index (χ1v) is 6.65. The van der Waals surface area contributed by atoms with Crippen LogP contribution in [0, 0.1) is 6.92 Å². The minimum Gasteiger partial charge on any atom is -0.388 e. The third kappa shape index (κ3) is 2.33. The zero-order valence-electron chi connectivity index (χ0n) is 10.7. The molecule has 1 N–H and O–H groups in total. The van der Waals surface area contributed by atoms with E-state index in [2.05, 4.69) is 46.0 Å². The molecule has 0 aliphatic heterocycles. The minimum atomic E-state index is -0.103. The fraction of sp³-hybridized carbons (Fsp3) is 0.385. The molecule has 0 aliphatic rings. The standard InChI is InChI=1S/C13H16BrN3O/c1-8(2)17-12(7-18)15-16-13(17)10-6-9(3)4-5-11(10)14/h4-6,8,18H,7H2,1-3H3. The Morgan fingerprint density at radius 3 is 2.67 bits per heavy atom. The third-order valence-corrected chi connectivity index (χ3v) is 3.48. The average Bonchev–Trinajstić information content (AvgIpc) is 2.75. The van der Waals surface area contributed by atoms with Gasteiger partial charge in [-0.25, -0.2) is 0 Å². The molecule has 0 bridgehead atoms. The summed E-state index contributed by atoms with van der Waals surface area (Å²) >= 11 is 3.54. The monoisotopic (exact) mass is 309 g/mol. The normalized spacial score (nSPS) is 11.2. The van der Waals surface area contributed by atoms with Crippen LogP contribution in [0.1, 0.15) is 31.3 Å². The fourth-order valence-corrected chi connectivity index (χ4v) is 2.39. The quantitative estimate of drug-likeness (QED) is 0.948. The molecule has 1 aromatic heterocycles. The lowest BCUT2D eigenvalue weighted by molar-refractivity contribution is 0.262. The number of rotatable bonds is 3. The van der Waals surface area contributed by atoms with E-state index >= 15 is 0 Å². The molecule has 2 aromatic rings. The van der Waals surface area contributed by atoms with Crippen LogP contribution in [0.4, 0.5) is 0 Å². The summed E-state index contributed by atoms with van der Waals surface area (Å²) in [4.78, 5) is 0. The topological polar surface area (TPSA) is 50.9 Å². The maximum Gasteiger partial charge on any atom is 0.165 e. The minimum absolute atomic E-state index is 0.103. The van der Waals surface area contributed by atoms with E-state index in [0.29, 0.717) is 5.82 Å². The summed E-state index contributed by atoms with van der Waals surface area (Å²) in [6.07, 6.45) is 0. The second-order valence-corrected chi connectivity index (χ2v) is 5.40. The lowest BCUT2D eigenvalue weighted by Crippen LogP contribution is -2.08. The van der Waals surface area contributed by atoms with Gasteiger partial charge in [-0.1, -0.05) is 27.6 Å². The van der Waals surface area contributed by atoms with Gasteiger partial charge in [0.05, 0.1) is 0 Å². The van der Waals surface area contributed by atoms with Crippen molar-refractivity contribution in [2.75, 3.05) is 0 Å². The third-order valence-electron chi connectivity index (χ3n) is 2.79. The molecule has 5 heteroatoms. The summed E-state index contributed by atoms with van der Waals surface area (Å²) in [5.41, 5.74) is 2.16. The van der Waals surface area contributed by atoms with Crippen molar-refractivity contribution in [1.29, 1.82) is 0 Å². The Morgan fingerprint density at radius 2 is 2.06 bits per heavy atom. The summed E-state index contributed by atoms with van der Waals surface area (Å²) in [5.74, 6) is 1.37. The molecule has 0 aliphatic carbocycles. The number of aliphatic hydroxyl groups excluding tert-OH is 1. The van der Waals surface area contributed by atoms with E-state index in [9.17, 15) is 5.11 Å². The first-order valence-electron chi connectivity index (χ1n) is 5.85. The van der Waals surface area contributed by atoms with E-state index < -0.39 is 0 Å². The molecule has 0 spiro atoms. The number of aliphatic hydroxyl groups is 1. The Balaban J connectivity index is 2.63. The van der Waals surface area contributed by atoms with Gasteiger partial charge in [-0.2, -0.15) is 0 Å². The molecule has 96 valence electrons. The first kappa shape index (κ1) is 13.2. The number of halogens is 1.